The van der Waals surface area contributed by atoms with Crippen molar-refractivity contribution in [3.63, 3.8) is 0 Å². The van der Waals surface area contributed by atoms with E-state index < -0.39 is 0 Å². The number of likely N-dealkylation sites (tertiary alicyclic amines) is 1. The average Bonchev–Trinajstić information content (AvgIpc) is 2.95. The Morgan fingerprint density at radius 1 is 1.07 bits per heavy atom. The minimum Gasteiger partial charge on any atom is -0.507 e. The number of thioether (sulfide) groups is 1. The summed E-state index contributed by atoms with van der Waals surface area (Å²) in [6.07, 6.45) is 4.23. The van der Waals surface area contributed by atoms with E-state index in [1.807, 2.05) is 18.2 Å². The predicted molar refractivity (Wildman–Crippen MR) is 123 cm³/mol. The fourth-order valence-electron chi connectivity index (χ4n) is 3.77. The molecule has 1 aromatic carbocycles. The number of amides is 1. The van der Waals surface area contributed by atoms with Gasteiger partial charge in [-0.3, -0.25) is 4.79 Å². The van der Waals surface area contributed by atoms with E-state index in [9.17, 15) is 9.90 Å². The Bertz CT molecular complexity index is 829. The molecule has 0 aromatic heterocycles. The molecule has 1 amide bonds. The standard InChI is InChI=1S/C24H34N2O2S/c1-15-8-10-26(11-9-15)22-25-21(28)19(29-22)14-16-12-17(23(2,3)4)20(27)18(13-16)24(5,6)7/h12-15,27H,8-11H2,1-7H3/b19-14-. The van der Waals surface area contributed by atoms with Gasteiger partial charge in [0.1, 0.15) is 5.75 Å². The lowest BCUT2D eigenvalue weighted by Gasteiger charge is -2.30. The van der Waals surface area contributed by atoms with E-state index in [-0.39, 0.29) is 16.7 Å². The van der Waals surface area contributed by atoms with Gasteiger partial charge in [0.2, 0.25) is 0 Å². The molecule has 0 saturated carbocycles. The van der Waals surface area contributed by atoms with Crippen LogP contribution in [-0.2, 0) is 15.6 Å². The Labute approximate surface area is 179 Å². The molecule has 0 bridgehead atoms. The molecule has 29 heavy (non-hydrogen) atoms. The zero-order chi connectivity index (χ0) is 21.6. The van der Waals surface area contributed by atoms with Crippen LogP contribution < -0.4 is 0 Å². The number of benzene rings is 1. The van der Waals surface area contributed by atoms with Crippen molar-refractivity contribution < 1.29 is 9.90 Å². The van der Waals surface area contributed by atoms with Crippen LogP contribution >= 0.6 is 11.8 Å². The van der Waals surface area contributed by atoms with E-state index in [2.05, 4.69) is 58.4 Å². The van der Waals surface area contributed by atoms with Crippen LogP contribution in [0.15, 0.2) is 22.0 Å². The first kappa shape index (κ1) is 21.9. The van der Waals surface area contributed by atoms with Crippen molar-refractivity contribution in [2.45, 2.75) is 72.1 Å². The maximum Gasteiger partial charge on any atom is 0.286 e. The van der Waals surface area contributed by atoms with Gasteiger partial charge in [0.15, 0.2) is 5.17 Å². The number of hydrogen-bond acceptors (Lipinski definition) is 4. The van der Waals surface area contributed by atoms with Gasteiger partial charge in [-0.1, -0.05) is 48.5 Å². The van der Waals surface area contributed by atoms with E-state index in [1.165, 1.54) is 11.8 Å². The maximum atomic E-state index is 12.6. The number of phenolic OH excluding ortho intramolecular Hbond substituents is 1. The number of aromatic hydroxyl groups is 1. The van der Waals surface area contributed by atoms with Crippen molar-refractivity contribution in [2.75, 3.05) is 13.1 Å². The van der Waals surface area contributed by atoms with Crippen LogP contribution in [0.2, 0.25) is 0 Å². The third-order valence-electron chi connectivity index (χ3n) is 5.71. The highest BCUT2D eigenvalue weighted by Gasteiger charge is 2.30. The molecule has 3 rings (SSSR count). The summed E-state index contributed by atoms with van der Waals surface area (Å²) in [6, 6.07) is 4.01. The Kier molecular flexibility index (Phi) is 5.92. The summed E-state index contributed by atoms with van der Waals surface area (Å²) in [5.74, 6) is 0.941. The molecule has 1 aromatic rings. The summed E-state index contributed by atoms with van der Waals surface area (Å²) in [5.41, 5.74) is 2.35. The Hall–Kier alpha value is -1.75. The Morgan fingerprint density at radius 3 is 2.07 bits per heavy atom. The van der Waals surface area contributed by atoms with Crippen molar-refractivity contribution in [2.24, 2.45) is 10.9 Å². The van der Waals surface area contributed by atoms with Crippen LogP contribution in [0.5, 0.6) is 5.75 Å². The first-order chi connectivity index (χ1) is 13.4. The molecular weight excluding hydrogens is 380 g/mol. The van der Waals surface area contributed by atoms with E-state index >= 15 is 0 Å². The second-order valence-electron chi connectivity index (χ2n) is 10.4. The van der Waals surface area contributed by atoms with Gasteiger partial charge >= 0.3 is 0 Å². The summed E-state index contributed by atoms with van der Waals surface area (Å²) in [4.78, 5) is 19.8. The van der Waals surface area contributed by atoms with Gasteiger partial charge in [0, 0.05) is 24.2 Å². The van der Waals surface area contributed by atoms with Crippen LogP contribution in [0.1, 0.15) is 78.0 Å². The fraction of sp³-hybridized carbons (Fsp3) is 0.583. The number of nitrogens with zero attached hydrogens (tertiary/aromatic N) is 2. The SMILES string of the molecule is CC1CCN(C2=NC(=O)/C(=C/c3cc(C(C)(C)C)c(O)c(C(C)(C)C)c3)S2)CC1. The number of phenols is 1. The number of hydrogen-bond donors (Lipinski definition) is 1. The second-order valence-corrected chi connectivity index (χ2v) is 11.5. The number of carbonyl (C=O) groups excluding carboxylic acids is 1. The van der Waals surface area contributed by atoms with Gasteiger partial charge in [-0.2, -0.15) is 4.99 Å². The van der Waals surface area contributed by atoms with Crippen LogP contribution in [0.3, 0.4) is 0 Å². The number of amidine groups is 1. The smallest absolute Gasteiger partial charge is 0.286 e. The first-order valence-corrected chi connectivity index (χ1v) is 11.3. The summed E-state index contributed by atoms with van der Waals surface area (Å²) in [5, 5.41) is 11.7. The molecule has 0 aliphatic carbocycles. The first-order valence-electron chi connectivity index (χ1n) is 10.5. The molecule has 4 nitrogen and oxygen atoms in total. The molecule has 0 spiro atoms. The van der Waals surface area contributed by atoms with Crippen molar-refractivity contribution in [3.05, 3.63) is 33.7 Å². The molecule has 0 radical (unpaired) electrons. The monoisotopic (exact) mass is 414 g/mol. The summed E-state index contributed by atoms with van der Waals surface area (Å²) < 4.78 is 0. The number of aliphatic imine (C=N–C) groups is 1. The second kappa shape index (κ2) is 7.82. The third kappa shape index (κ3) is 4.88. The van der Waals surface area contributed by atoms with Crippen LogP contribution in [0.25, 0.3) is 6.08 Å². The molecule has 1 saturated heterocycles. The van der Waals surface area contributed by atoms with Gasteiger partial charge in [-0.05, 0) is 65.1 Å². The molecule has 2 heterocycles. The van der Waals surface area contributed by atoms with E-state index in [1.54, 1.807) is 0 Å². The van der Waals surface area contributed by atoms with Crippen LogP contribution in [0.4, 0.5) is 0 Å². The zero-order valence-corrected chi connectivity index (χ0v) is 19.6. The highest BCUT2D eigenvalue weighted by Crippen LogP contribution is 2.41. The van der Waals surface area contributed by atoms with Gasteiger partial charge < -0.3 is 10.0 Å². The number of piperidine rings is 1. The minimum atomic E-state index is -0.197. The van der Waals surface area contributed by atoms with E-state index in [4.69, 9.17) is 0 Å². The van der Waals surface area contributed by atoms with Crippen molar-refractivity contribution in [1.29, 1.82) is 0 Å². The normalized spacial score (nSPS) is 20.5. The maximum absolute atomic E-state index is 12.6. The topological polar surface area (TPSA) is 52.9 Å². The van der Waals surface area contributed by atoms with Gasteiger partial charge in [0.05, 0.1) is 4.91 Å². The average molecular weight is 415 g/mol. The molecule has 0 unspecified atom stereocenters. The van der Waals surface area contributed by atoms with Gasteiger partial charge in [-0.25, -0.2) is 0 Å². The van der Waals surface area contributed by atoms with Crippen LogP contribution in [0, 0.1) is 5.92 Å². The van der Waals surface area contributed by atoms with Gasteiger partial charge in [0.25, 0.3) is 5.91 Å². The van der Waals surface area contributed by atoms with Gasteiger partial charge in [-0.15, -0.1) is 0 Å². The zero-order valence-electron chi connectivity index (χ0n) is 18.8. The predicted octanol–water partition coefficient (Wildman–Crippen LogP) is 5.69. The summed E-state index contributed by atoms with van der Waals surface area (Å²) in [6.45, 7) is 16.8. The quantitative estimate of drug-likeness (QED) is 0.600. The highest BCUT2D eigenvalue weighted by molar-refractivity contribution is 8.18. The summed E-state index contributed by atoms with van der Waals surface area (Å²) >= 11 is 1.48. The van der Waals surface area contributed by atoms with Crippen molar-refractivity contribution >= 4 is 28.9 Å². The molecule has 0 atom stereocenters. The lowest BCUT2D eigenvalue weighted by molar-refractivity contribution is -0.113. The fourth-order valence-corrected chi connectivity index (χ4v) is 4.73. The lowest BCUT2D eigenvalue weighted by atomic mass is 9.78. The molecular formula is C24H34N2O2S. The largest absolute Gasteiger partial charge is 0.507 e. The Balaban J connectivity index is 1.93. The molecule has 2 aliphatic rings. The third-order valence-corrected chi connectivity index (χ3v) is 6.75. The number of rotatable bonds is 1. The lowest BCUT2D eigenvalue weighted by Crippen LogP contribution is -2.35. The molecule has 158 valence electrons. The van der Waals surface area contributed by atoms with Crippen molar-refractivity contribution in [1.82, 2.24) is 4.90 Å². The highest BCUT2D eigenvalue weighted by atomic mass is 32.2. The van der Waals surface area contributed by atoms with Crippen molar-refractivity contribution in [3.8, 4) is 5.75 Å². The summed E-state index contributed by atoms with van der Waals surface area (Å²) in [7, 11) is 0. The molecule has 1 N–H and O–H groups in total. The van der Waals surface area contributed by atoms with Crippen LogP contribution in [-0.4, -0.2) is 34.2 Å². The van der Waals surface area contributed by atoms with E-state index in [0.717, 1.165) is 53.7 Å². The Morgan fingerprint density at radius 2 is 1.59 bits per heavy atom. The molecule has 1 fully saturated rings. The molecule has 5 heteroatoms. The number of carbonyl (C=O) groups is 1. The van der Waals surface area contributed by atoms with E-state index in [0.29, 0.717) is 10.7 Å². The molecule has 2 aliphatic heterocycles. The minimum absolute atomic E-state index is 0.161.